The first-order valence-corrected chi connectivity index (χ1v) is 14.2. The molecule has 1 atom stereocenters. The summed E-state index contributed by atoms with van der Waals surface area (Å²) in [6.45, 7) is 9.01. The number of nitrogens with zero attached hydrogens (tertiary/aromatic N) is 2. The molecule has 1 aliphatic heterocycles. The fourth-order valence-electron chi connectivity index (χ4n) is 5.55. The van der Waals surface area contributed by atoms with E-state index >= 15 is 0 Å². The van der Waals surface area contributed by atoms with E-state index in [9.17, 15) is 18.0 Å². The zero-order chi connectivity index (χ0) is 28.6. The van der Waals surface area contributed by atoms with E-state index in [1.54, 1.807) is 6.07 Å². The lowest BCUT2D eigenvalue weighted by Crippen LogP contribution is -2.47. The van der Waals surface area contributed by atoms with Gasteiger partial charge < -0.3 is 9.64 Å². The van der Waals surface area contributed by atoms with Gasteiger partial charge in [-0.1, -0.05) is 68.4 Å². The number of rotatable bonds is 11. The monoisotopic (exact) mass is 552 g/mol. The number of benzene rings is 3. The Balaban J connectivity index is 1.32. The lowest BCUT2D eigenvalue weighted by Gasteiger charge is -2.37. The van der Waals surface area contributed by atoms with E-state index in [4.69, 9.17) is 4.74 Å². The number of halogens is 3. The third-order valence-corrected chi connectivity index (χ3v) is 7.96. The van der Waals surface area contributed by atoms with Crippen LogP contribution in [0.5, 0.6) is 0 Å². The van der Waals surface area contributed by atoms with Crippen molar-refractivity contribution >= 4 is 11.7 Å². The summed E-state index contributed by atoms with van der Waals surface area (Å²) in [6.07, 6.45) is -1.21. The number of ether oxygens (including phenoxy) is 1. The Kier molecular flexibility index (Phi) is 9.90. The number of hydrogen-bond acceptors (Lipinski definition) is 4. The van der Waals surface area contributed by atoms with Crippen molar-refractivity contribution < 1.29 is 22.7 Å². The maximum atomic E-state index is 13.2. The summed E-state index contributed by atoms with van der Waals surface area (Å²) in [4.78, 5) is 18.0. The molecule has 0 bridgehead atoms. The topological polar surface area (TPSA) is 32.8 Å². The summed E-state index contributed by atoms with van der Waals surface area (Å²) in [7, 11) is 0. The van der Waals surface area contributed by atoms with Gasteiger partial charge in [0.1, 0.15) is 0 Å². The standard InChI is InChI=1S/C33H39F3N2O2/c1-3-24-40-31(39)32(4-2,28-11-6-5-7-12-28)18-9-19-37-20-22-38(23-21-37)30-16-14-26(15-17-30)27-10-8-13-29(25-27)33(34,35)36/h5-8,10-17,25H,3-4,9,18-24H2,1-2H3. The highest BCUT2D eigenvalue weighted by molar-refractivity contribution is 5.83. The molecular weight excluding hydrogens is 513 g/mol. The van der Waals surface area contributed by atoms with Crippen LogP contribution in [0.15, 0.2) is 78.9 Å². The van der Waals surface area contributed by atoms with Gasteiger partial charge in [0.25, 0.3) is 0 Å². The molecule has 1 aliphatic rings. The minimum absolute atomic E-state index is 0.124. The Hall–Kier alpha value is -3.32. The minimum atomic E-state index is -4.35. The predicted molar refractivity (Wildman–Crippen MR) is 154 cm³/mol. The quantitative estimate of drug-likeness (QED) is 0.230. The van der Waals surface area contributed by atoms with Gasteiger partial charge in [-0.15, -0.1) is 0 Å². The van der Waals surface area contributed by atoms with Crippen molar-refractivity contribution in [2.45, 2.75) is 51.1 Å². The van der Waals surface area contributed by atoms with Crippen molar-refractivity contribution in [2.24, 2.45) is 0 Å². The zero-order valence-electron chi connectivity index (χ0n) is 23.4. The summed E-state index contributed by atoms with van der Waals surface area (Å²) in [5.74, 6) is -0.124. The molecule has 214 valence electrons. The number of hydrogen-bond donors (Lipinski definition) is 0. The third-order valence-electron chi connectivity index (χ3n) is 7.96. The van der Waals surface area contributed by atoms with E-state index in [0.29, 0.717) is 18.6 Å². The molecule has 0 saturated carbocycles. The van der Waals surface area contributed by atoms with E-state index < -0.39 is 17.2 Å². The fraction of sp³-hybridized carbons (Fsp3) is 0.424. The average Bonchev–Trinajstić information content (AvgIpc) is 2.99. The summed E-state index contributed by atoms with van der Waals surface area (Å²) in [5.41, 5.74) is 2.16. The number of carbonyl (C=O) groups is 1. The van der Waals surface area contributed by atoms with Gasteiger partial charge >= 0.3 is 12.1 Å². The van der Waals surface area contributed by atoms with Crippen LogP contribution in [-0.2, 0) is 21.1 Å². The Bertz CT molecular complexity index is 1220. The molecule has 0 N–H and O–H groups in total. The van der Waals surface area contributed by atoms with Crippen LogP contribution >= 0.6 is 0 Å². The van der Waals surface area contributed by atoms with Gasteiger partial charge in [-0.2, -0.15) is 13.2 Å². The van der Waals surface area contributed by atoms with Crippen molar-refractivity contribution in [1.29, 1.82) is 0 Å². The molecule has 0 aromatic heterocycles. The first-order valence-electron chi connectivity index (χ1n) is 14.2. The molecule has 4 nitrogen and oxygen atoms in total. The Labute approximate surface area is 235 Å². The largest absolute Gasteiger partial charge is 0.465 e. The number of piperazine rings is 1. The normalized spacial score (nSPS) is 16.0. The summed E-state index contributed by atoms with van der Waals surface area (Å²) in [6, 6.07) is 23.2. The lowest BCUT2D eigenvalue weighted by atomic mass is 9.74. The van der Waals surface area contributed by atoms with Crippen LogP contribution in [-0.4, -0.2) is 50.2 Å². The second-order valence-electron chi connectivity index (χ2n) is 10.5. The van der Waals surface area contributed by atoms with Gasteiger partial charge in [0.15, 0.2) is 0 Å². The summed E-state index contributed by atoms with van der Waals surface area (Å²) >= 11 is 0. The highest BCUT2D eigenvalue weighted by Crippen LogP contribution is 2.35. The Morgan fingerprint density at radius 2 is 1.50 bits per heavy atom. The minimum Gasteiger partial charge on any atom is -0.465 e. The maximum Gasteiger partial charge on any atom is 0.416 e. The molecule has 7 heteroatoms. The molecule has 0 aliphatic carbocycles. The van der Waals surface area contributed by atoms with Crippen molar-refractivity contribution in [3.8, 4) is 11.1 Å². The number of anilines is 1. The van der Waals surface area contributed by atoms with Gasteiger partial charge in [0.2, 0.25) is 0 Å². The Morgan fingerprint density at radius 1 is 0.825 bits per heavy atom. The predicted octanol–water partition coefficient (Wildman–Crippen LogP) is 7.58. The van der Waals surface area contributed by atoms with Crippen LogP contribution < -0.4 is 4.90 Å². The van der Waals surface area contributed by atoms with Crippen LogP contribution in [0.1, 0.15) is 50.7 Å². The van der Waals surface area contributed by atoms with Gasteiger partial charge in [0, 0.05) is 31.9 Å². The van der Waals surface area contributed by atoms with Crippen molar-refractivity contribution in [2.75, 3.05) is 44.2 Å². The van der Waals surface area contributed by atoms with Crippen LogP contribution in [0.4, 0.5) is 18.9 Å². The molecule has 1 heterocycles. The highest BCUT2D eigenvalue weighted by atomic mass is 19.4. The second kappa shape index (κ2) is 13.4. The van der Waals surface area contributed by atoms with Crippen LogP contribution in [0.3, 0.4) is 0 Å². The first kappa shape index (κ1) is 29.7. The highest BCUT2D eigenvalue weighted by Gasteiger charge is 2.39. The zero-order valence-corrected chi connectivity index (χ0v) is 23.4. The molecule has 0 radical (unpaired) electrons. The third kappa shape index (κ3) is 7.05. The fourth-order valence-corrected chi connectivity index (χ4v) is 5.55. The maximum absolute atomic E-state index is 13.2. The number of alkyl halides is 3. The van der Waals surface area contributed by atoms with Gasteiger partial charge in [-0.3, -0.25) is 9.69 Å². The van der Waals surface area contributed by atoms with Crippen LogP contribution in [0.2, 0.25) is 0 Å². The van der Waals surface area contributed by atoms with Crippen molar-refractivity contribution in [3.63, 3.8) is 0 Å². The molecule has 3 aromatic carbocycles. The van der Waals surface area contributed by atoms with Crippen LogP contribution in [0, 0.1) is 0 Å². The van der Waals surface area contributed by atoms with Crippen molar-refractivity contribution in [1.82, 2.24) is 4.90 Å². The van der Waals surface area contributed by atoms with Crippen LogP contribution in [0.25, 0.3) is 11.1 Å². The summed E-state index contributed by atoms with van der Waals surface area (Å²) in [5, 5.41) is 0. The van der Waals surface area contributed by atoms with Crippen molar-refractivity contribution in [3.05, 3.63) is 90.0 Å². The van der Waals surface area contributed by atoms with E-state index in [2.05, 4.69) is 16.7 Å². The van der Waals surface area contributed by atoms with Gasteiger partial charge in [-0.25, -0.2) is 0 Å². The molecule has 40 heavy (non-hydrogen) atoms. The van der Waals surface area contributed by atoms with E-state index in [1.807, 2.05) is 61.5 Å². The number of esters is 1. The summed E-state index contributed by atoms with van der Waals surface area (Å²) < 4.78 is 45.0. The molecule has 0 spiro atoms. The number of carbonyl (C=O) groups excluding carboxylic acids is 1. The average molecular weight is 553 g/mol. The van der Waals surface area contributed by atoms with E-state index in [1.165, 1.54) is 12.1 Å². The molecule has 1 saturated heterocycles. The molecular formula is C33H39F3N2O2. The molecule has 1 unspecified atom stereocenters. The first-order chi connectivity index (χ1) is 19.3. The second-order valence-corrected chi connectivity index (χ2v) is 10.5. The van der Waals surface area contributed by atoms with Gasteiger partial charge in [0.05, 0.1) is 17.6 Å². The lowest BCUT2D eigenvalue weighted by molar-refractivity contribution is -0.151. The smallest absolute Gasteiger partial charge is 0.416 e. The molecule has 4 rings (SSSR count). The Morgan fingerprint density at radius 3 is 2.12 bits per heavy atom. The van der Waals surface area contributed by atoms with Gasteiger partial charge in [-0.05, 0) is 73.2 Å². The molecule has 1 fully saturated rings. The SMILES string of the molecule is CCCOC(=O)C(CC)(CCCN1CCN(c2ccc(-c3cccc(C(F)(F)F)c3)cc2)CC1)c1ccccc1. The molecule has 0 amide bonds. The molecule has 3 aromatic rings. The van der Waals surface area contributed by atoms with E-state index in [0.717, 1.165) is 74.9 Å². The van der Waals surface area contributed by atoms with E-state index in [-0.39, 0.29) is 5.97 Å².